The predicted molar refractivity (Wildman–Crippen MR) is 64.9 cm³/mol. The van der Waals surface area contributed by atoms with Crippen molar-refractivity contribution in [2.45, 2.75) is 24.4 Å². The Bertz CT molecular complexity index is 726. The number of nitrogens with two attached hydrogens (primary N) is 1. The van der Waals surface area contributed by atoms with Gasteiger partial charge in [-0.25, -0.2) is 15.0 Å². The van der Waals surface area contributed by atoms with Gasteiger partial charge in [0.05, 0.1) is 17.9 Å². The van der Waals surface area contributed by atoms with Gasteiger partial charge in [0.25, 0.3) is 0 Å². The lowest BCUT2D eigenvalue weighted by atomic mass is 10.1. The molecule has 1 aliphatic rings. The third kappa shape index (κ3) is 2.03. The molecule has 0 spiro atoms. The summed E-state index contributed by atoms with van der Waals surface area (Å²) in [6.07, 6.45) is -5.30. The third-order valence-corrected chi connectivity index (χ3v) is 3.38. The molecular formula is C11H10F3N5O2. The molecule has 1 aliphatic carbocycles. The molecule has 10 heteroatoms. The number of fused-ring (bicyclic) bond motifs is 1. The van der Waals surface area contributed by atoms with Crippen LogP contribution in [0.3, 0.4) is 0 Å². The second kappa shape index (κ2) is 4.40. The van der Waals surface area contributed by atoms with Crippen molar-refractivity contribution >= 4 is 17.0 Å². The van der Waals surface area contributed by atoms with Crippen molar-refractivity contribution in [2.24, 2.45) is 0 Å². The summed E-state index contributed by atoms with van der Waals surface area (Å²) in [5.41, 5.74) is 4.80. The second-order valence-corrected chi connectivity index (χ2v) is 4.63. The van der Waals surface area contributed by atoms with Crippen LogP contribution in [-0.4, -0.2) is 48.1 Å². The zero-order valence-electron chi connectivity index (χ0n) is 10.4. The molecule has 0 radical (unpaired) electrons. The molecule has 0 aliphatic heterocycles. The van der Waals surface area contributed by atoms with Crippen LogP contribution in [0.15, 0.2) is 24.3 Å². The number of hydrogen-bond donors (Lipinski definition) is 3. The summed E-state index contributed by atoms with van der Waals surface area (Å²) in [5, 5.41) is 19.4. The van der Waals surface area contributed by atoms with Crippen molar-refractivity contribution in [2.75, 3.05) is 5.73 Å². The van der Waals surface area contributed by atoms with Gasteiger partial charge in [-0.2, -0.15) is 13.2 Å². The standard InChI is InChI=1S/C11H10F3N5O2/c12-11(13,14)4-1-5(8(21)7(4)20)19-3-18-6-9(15)16-2-17-10(6)19/h1-3,5,7-8,20-21H,(H2,15,16,17)/t5-,7-,8+/m1/s1. The van der Waals surface area contributed by atoms with Crippen LogP contribution in [0.25, 0.3) is 11.2 Å². The first-order valence-corrected chi connectivity index (χ1v) is 5.88. The molecule has 112 valence electrons. The van der Waals surface area contributed by atoms with Crippen LogP contribution in [0, 0.1) is 0 Å². The van der Waals surface area contributed by atoms with Gasteiger partial charge in [-0.15, -0.1) is 0 Å². The first-order valence-electron chi connectivity index (χ1n) is 5.88. The highest BCUT2D eigenvalue weighted by Gasteiger charge is 2.48. The second-order valence-electron chi connectivity index (χ2n) is 4.63. The van der Waals surface area contributed by atoms with Crippen LogP contribution in [0.2, 0.25) is 0 Å². The maximum absolute atomic E-state index is 12.8. The zero-order chi connectivity index (χ0) is 15.4. The summed E-state index contributed by atoms with van der Waals surface area (Å²) >= 11 is 0. The van der Waals surface area contributed by atoms with E-state index in [1.807, 2.05) is 0 Å². The largest absolute Gasteiger partial charge is 0.415 e. The van der Waals surface area contributed by atoms with Crippen molar-refractivity contribution in [3.05, 3.63) is 24.3 Å². The molecule has 0 fully saturated rings. The molecule has 0 saturated carbocycles. The lowest BCUT2D eigenvalue weighted by Crippen LogP contribution is -2.32. The van der Waals surface area contributed by atoms with E-state index in [4.69, 9.17) is 5.73 Å². The van der Waals surface area contributed by atoms with Crippen LogP contribution in [-0.2, 0) is 0 Å². The summed E-state index contributed by atoms with van der Waals surface area (Å²) in [6.45, 7) is 0. The molecule has 4 N–H and O–H groups in total. The van der Waals surface area contributed by atoms with E-state index in [2.05, 4.69) is 15.0 Å². The molecule has 3 atom stereocenters. The number of aromatic nitrogens is 4. The van der Waals surface area contributed by atoms with E-state index >= 15 is 0 Å². The van der Waals surface area contributed by atoms with Crippen molar-refractivity contribution in [1.29, 1.82) is 0 Å². The van der Waals surface area contributed by atoms with Gasteiger partial charge in [-0.3, -0.25) is 0 Å². The number of anilines is 1. The van der Waals surface area contributed by atoms with Gasteiger partial charge in [0.1, 0.15) is 24.1 Å². The highest BCUT2D eigenvalue weighted by Crippen LogP contribution is 2.39. The van der Waals surface area contributed by atoms with E-state index < -0.39 is 30.0 Å². The van der Waals surface area contributed by atoms with Crippen LogP contribution in [0.1, 0.15) is 6.04 Å². The van der Waals surface area contributed by atoms with Crippen molar-refractivity contribution < 1.29 is 23.4 Å². The predicted octanol–water partition coefficient (Wildman–Crippen LogP) is 0.174. The first-order chi connectivity index (χ1) is 9.80. The fourth-order valence-electron chi connectivity index (χ4n) is 2.35. The number of alkyl halides is 3. The van der Waals surface area contributed by atoms with Gasteiger partial charge < -0.3 is 20.5 Å². The molecule has 7 nitrogen and oxygen atoms in total. The van der Waals surface area contributed by atoms with Gasteiger partial charge in [0.2, 0.25) is 0 Å². The molecule has 3 rings (SSSR count). The van der Waals surface area contributed by atoms with Crippen LogP contribution in [0.5, 0.6) is 0 Å². The maximum atomic E-state index is 12.8. The van der Waals surface area contributed by atoms with E-state index in [-0.39, 0.29) is 17.0 Å². The minimum atomic E-state index is -4.72. The lowest BCUT2D eigenvalue weighted by Gasteiger charge is -2.19. The Balaban J connectivity index is 2.11. The Morgan fingerprint density at radius 1 is 1.19 bits per heavy atom. The van der Waals surface area contributed by atoms with Gasteiger partial charge in [-0.1, -0.05) is 0 Å². The average Bonchev–Trinajstić information content (AvgIpc) is 2.93. The van der Waals surface area contributed by atoms with Gasteiger partial charge in [0.15, 0.2) is 11.5 Å². The molecule has 2 aromatic rings. The average molecular weight is 301 g/mol. The topological polar surface area (TPSA) is 110 Å². The monoisotopic (exact) mass is 301 g/mol. The highest BCUT2D eigenvalue weighted by atomic mass is 19.4. The number of imidazole rings is 1. The Morgan fingerprint density at radius 2 is 1.90 bits per heavy atom. The maximum Gasteiger partial charge on any atom is 0.415 e. The van der Waals surface area contributed by atoms with E-state index in [0.29, 0.717) is 0 Å². The van der Waals surface area contributed by atoms with Crippen molar-refractivity contribution in [3.63, 3.8) is 0 Å². The molecule has 0 aromatic carbocycles. The normalized spacial score (nSPS) is 26.3. The zero-order valence-corrected chi connectivity index (χ0v) is 10.4. The smallest absolute Gasteiger partial charge is 0.388 e. The van der Waals surface area contributed by atoms with Crippen LogP contribution < -0.4 is 5.73 Å². The quantitative estimate of drug-likeness (QED) is 0.648. The van der Waals surface area contributed by atoms with Crippen LogP contribution in [0.4, 0.5) is 19.0 Å². The Morgan fingerprint density at radius 3 is 2.52 bits per heavy atom. The highest BCUT2D eigenvalue weighted by molar-refractivity contribution is 5.81. The summed E-state index contributed by atoms with van der Waals surface area (Å²) in [4.78, 5) is 11.5. The molecule has 0 saturated heterocycles. The lowest BCUT2D eigenvalue weighted by molar-refractivity contribution is -0.111. The molecule has 21 heavy (non-hydrogen) atoms. The van der Waals surface area contributed by atoms with Gasteiger partial charge in [0, 0.05) is 0 Å². The Hall–Kier alpha value is -2.20. The number of rotatable bonds is 1. The number of aliphatic hydroxyl groups excluding tert-OH is 2. The third-order valence-electron chi connectivity index (χ3n) is 3.38. The number of halogens is 3. The summed E-state index contributed by atoms with van der Waals surface area (Å²) < 4.78 is 39.5. The molecule has 2 aromatic heterocycles. The summed E-state index contributed by atoms with van der Waals surface area (Å²) in [6, 6.07) is -1.14. The minimum Gasteiger partial charge on any atom is -0.388 e. The number of aliphatic hydroxyl groups is 2. The molecule has 2 heterocycles. The molecule has 0 unspecified atom stereocenters. The number of nitrogen functional groups attached to an aromatic ring is 1. The molecular weight excluding hydrogens is 291 g/mol. The van der Waals surface area contributed by atoms with Crippen LogP contribution >= 0.6 is 0 Å². The van der Waals surface area contributed by atoms with E-state index in [1.165, 1.54) is 10.9 Å². The van der Waals surface area contributed by atoms with Gasteiger partial charge in [-0.05, 0) is 6.08 Å². The minimum absolute atomic E-state index is 0.0757. The van der Waals surface area contributed by atoms with E-state index in [1.54, 1.807) is 0 Å². The fourth-order valence-corrected chi connectivity index (χ4v) is 2.35. The first kappa shape index (κ1) is 13.8. The molecule has 0 amide bonds. The molecule has 0 bridgehead atoms. The Kier molecular flexibility index (Phi) is 2.88. The summed E-state index contributed by atoms with van der Waals surface area (Å²) in [5.74, 6) is 0.0757. The fraction of sp³-hybridized carbons (Fsp3) is 0.364. The SMILES string of the molecule is Nc1ncnc2c1ncn2[C@@H]1C=C(C(F)(F)F)[C@@H](O)[C@H]1O. The van der Waals surface area contributed by atoms with Crippen molar-refractivity contribution in [1.82, 2.24) is 19.5 Å². The Labute approximate surface area is 115 Å². The van der Waals surface area contributed by atoms with Gasteiger partial charge >= 0.3 is 6.18 Å². The summed E-state index contributed by atoms with van der Waals surface area (Å²) in [7, 11) is 0. The number of hydrogen-bond acceptors (Lipinski definition) is 6. The van der Waals surface area contributed by atoms with Crippen molar-refractivity contribution in [3.8, 4) is 0 Å². The van der Waals surface area contributed by atoms with E-state index in [0.717, 1.165) is 12.4 Å². The van der Waals surface area contributed by atoms with E-state index in [9.17, 15) is 23.4 Å². The number of nitrogens with zero attached hydrogens (tertiary/aromatic N) is 4.